The van der Waals surface area contributed by atoms with Crippen molar-refractivity contribution in [2.24, 2.45) is 0 Å². The fourth-order valence-corrected chi connectivity index (χ4v) is 0.820. The van der Waals surface area contributed by atoms with Gasteiger partial charge in [-0.3, -0.25) is 4.79 Å². The van der Waals surface area contributed by atoms with Crippen LogP contribution in [0.2, 0.25) is 0 Å². The summed E-state index contributed by atoms with van der Waals surface area (Å²) in [6.07, 6.45) is 1.79. The van der Waals surface area contributed by atoms with E-state index in [9.17, 15) is 4.79 Å². The number of carbonyl (C=O) groups is 1. The van der Waals surface area contributed by atoms with Gasteiger partial charge in [0.25, 0.3) is 0 Å². The lowest BCUT2D eigenvalue weighted by molar-refractivity contribution is -0.140. The van der Waals surface area contributed by atoms with Crippen LogP contribution >= 0.6 is 0 Å². The molecular formula is C8H12N2O2. The predicted octanol–water partition coefficient (Wildman–Crippen LogP) is 0.990. The number of nitrogens with one attached hydrogen (secondary N) is 2. The molecule has 0 aliphatic carbocycles. The molecule has 1 aromatic heterocycles. The molecule has 0 atom stereocenters. The third-order valence-corrected chi connectivity index (χ3v) is 1.33. The van der Waals surface area contributed by atoms with Gasteiger partial charge < -0.3 is 15.0 Å². The highest BCUT2D eigenvalue weighted by Crippen LogP contribution is 1.99. The highest BCUT2D eigenvalue weighted by molar-refractivity contribution is 5.74. The maximum atomic E-state index is 10.8. The molecular weight excluding hydrogens is 156 g/mol. The van der Waals surface area contributed by atoms with Gasteiger partial charge in [-0.15, -0.1) is 0 Å². The molecule has 0 aromatic carbocycles. The number of aromatic nitrogens is 1. The van der Waals surface area contributed by atoms with Gasteiger partial charge in [0.15, 0.2) is 0 Å². The lowest BCUT2D eigenvalue weighted by Crippen LogP contribution is -2.16. The molecule has 0 aliphatic heterocycles. The van der Waals surface area contributed by atoms with Crippen LogP contribution in [0.5, 0.6) is 0 Å². The second-order valence-corrected chi connectivity index (χ2v) is 2.24. The van der Waals surface area contributed by atoms with Crippen LogP contribution < -0.4 is 5.32 Å². The molecule has 4 nitrogen and oxygen atoms in total. The van der Waals surface area contributed by atoms with Crippen LogP contribution in [-0.4, -0.2) is 24.1 Å². The first-order valence-corrected chi connectivity index (χ1v) is 3.86. The van der Waals surface area contributed by atoms with Crippen LogP contribution in [0.4, 0.5) is 5.82 Å². The van der Waals surface area contributed by atoms with E-state index >= 15 is 0 Å². The zero-order valence-electron chi connectivity index (χ0n) is 6.96. The van der Waals surface area contributed by atoms with E-state index in [0.29, 0.717) is 6.61 Å². The Hall–Kier alpha value is -1.45. The van der Waals surface area contributed by atoms with Crippen molar-refractivity contribution in [1.82, 2.24) is 4.98 Å². The summed E-state index contributed by atoms with van der Waals surface area (Å²) in [4.78, 5) is 13.8. The average molecular weight is 168 g/mol. The summed E-state index contributed by atoms with van der Waals surface area (Å²) >= 11 is 0. The number of hydrogen-bond donors (Lipinski definition) is 2. The number of aromatic amines is 1. The van der Waals surface area contributed by atoms with Crippen molar-refractivity contribution in [1.29, 1.82) is 0 Å². The Morgan fingerprint density at radius 2 is 2.58 bits per heavy atom. The van der Waals surface area contributed by atoms with E-state index in [1.54, 1.807) is 13.1 Å². The molecule has 66 valence electrons. The first-order chi connectivity index (χ1) is 5.83. The van der Waals surface area contributed by atoms with Gasteiger partial charge in [0, 0.05) is 6.20 Å². The van der Waals surface area contributed by atoms with Gasteiger partial charge in [-0.1, -0.05) is 0 Å². The fraction of sp³-hybridized carbons (Fsp3) is 0.375. The normalized spacial score (nSPS) is 9.42. The van der Waals surface area contributed by atoms with E-state index in [1.807, 2.05) is 12.1 Å². The van der Waals surface area contributed by atoms with Crippen LogP contribution in [0.1, 0.15) is 6.92 Å². The lowest BCUT2D eigenvalue weighted by Gasteiger charge is -2.02. The third kappa shape index (κ3) is 2.65. The molecule has 0 saturated carbocycles. The van der Waals surface area contributed by atoms with Gasteiger partial charge in [0.2, 0.25) is 0 Å². The summed E-state index contributed by atoms with van der Waals surface area (Å²) in [6.45, 7) is 2.41. The zero-order valence-corrected chi connectivity index (χ0v) is 6.96. The number of H-pyrrole nitrogens is 1. The molecule has 4 heteroatoms. The van der Waals surface area contributed by atoms with Gasteiger partial charge in [0.05, 0.1) is 6.61 Å². The van der Waals surface area contributed by atoms with Crippen LogP contribution in [0.3, 0.4) is 0 Å². The SMILES string of the molecule is CCOC(=O)CNc1ccc[nH]1. The second-order valence-electron chi connectivity index (χ2n) is 2.24. The fourth-order valence-electron chi connectivity index (χ4n) is 0.820. The van der Waals surface area contributed by atoms with Gasteiger partial charge in [-0.25, -0.2) is 0 Å². The molecule has 1 heterocycles. The summed E-state index contributed by atoms with van der Waals surface area (Å²) in [7, 11) is 0. The molecule has 1 aromatic rings. The summed E-state index contributed by atoms with van der Waals surface area (Å²) in [5.41, 5.74) is 0. The number of esters is 1. The minimum Gasteiger partial charge on any atom is -0.465 e. The minimum absolute atomic E-state index is 0.203. The maximum Gasteiger partial charge on any atom is 0.325 e. The van der Waals surface area contributed by atoms with Crippen molar-refractivity contribution < 1.29 is 9.53 Å². The predicted molar refractivity (Wildman–Crippen MR) is 45.9 cm³/mol. The Morgan fingerprint density at radius 1 is 1.75 bits per heavy atom. The quantitative estimate of drug-likeness (QED) is 0.659. The van der Waals surface area contributed by atoms with E-state index in [1.165, 1.54) is 0 Å². The second kappa shape index (κ2) is 4.43. The number of ether oxygens (including phenoxy) is 1. The van der Waals surface area contributed by atoms with Crippen molar-refractivity contribution in [3.8, 4) is 0 Å². The van der Waals surface area contributed by atoms with Gasteiger partial charge >= 0.3 is 5.97 Å². The van der Waals surface area contributed by atoms with Gasteiger partial charge in [-0.05, 0) is 19.1 Å². The Balaban J connectivity index is 2.22. The molecule has 12 heavy (non-hydrogen) atoms. The molecule has 0 radical (unpaired) electrons. The molecule has 0 unspecified atom stereocenters. The Bertz CT molecular complexity index is 231. The van der Waals surface area contributed by atoms with Crippen LogP contribution in [0, 0.1) is 0 Å². The zero-order chi connectivity index (χ0) is 8.81. The lowest BCUT2D eigenvalue weighted by atomic mass is 10.5. The molecule has 0 spiro atoms. The van der Waals surface area contributed by atoms with Crippen molar-refractivity contribution in [2.75, 3.05) is 18.5 Å². The first kappa shape index (κ1) is 8.64. The summed E-state index contributed by atoms with van der Waals surface area (Å²) in [5.74, 6) is 0.579. The molecule has 0 bridgehead atoms. The molecule has 0 saturated heterocycles. The summed E-state index contributed by atoms with van der Waals surface area (Å²) in [5, 5.41) is 2.88. The van der Waals surface area contributed by atoms with Crippen LogP contribution in [-0.2, 0) is 9.53 Å². The topological polar surface area (TPSA) is 54.1 Å². The molecule has 0 amide bonds. The van der Waals surface area contributed by atoms with E-state index in [2.05, 4.69) is 10.3 Å². The van der Waals surface area contributed by atoms with E-state index in [0.717, 1.165) is 5.82 Å². The highest BCUT2D eigenvalue weighted by Gasteiger charge is 1.99. The monoisotopic (exact) mass is 168 g/mol. The Kier molecular flexibility index (Phi) is 3.19. The average Bonchev–Trinajstić information content (AvgIpc) is 2.53. The van der Waals surface area contributed by atoms with Crippen LogP contribution in [0.15, 0.2) is 18.3 Å². The summed E-state index contributed by atoms with van der Waals surface area (Å²) in [6, 6.07) is 3.70. The molecule has 2 N–H and O–H groups in total. The number of anilines is 1. The number of hydrogen-bond acceptors (Lipinski definition) is 3. The number of rotatable bonds is 4. The van der Waals surface area contributed by atoms with E-state index in [-0.39, 0.29) is 12.5 Å². The number of carbonyl (C=O) groups excluding carboxylic acids is 1. The third-order valence-electron chi connectivity index (χ3n) is 1.33. The van der Waals surface area contributed by atoms with Crippen molar-refractivity contribution >= 4 is 11.8 Å². The molecule has 0 aliphatic rings. The highest BCUT2D eigenvalue weighted by atomic mass is 16.5. The Morgan fingerprint density at radius 3 is 3.17 bits per heavy atom. The van der Waals surface area contributed by atoms with Crippen molar-refractivity contribution in [2.45, 2.75) is 6.92 Å². The minimum atomic E-state index is -0.243. The smallest absolute Gasteiger partial charge is 0.325 e. The van der Waals surface area contributed by atoms with Gasteiger partial charge in [0.1, 0.15) is 12.4 Å². The Labute approximate surface area is 70.9 Å². The largest absolute Gasteiger partial charge is 0.465 e. The van der Waals surface area contributed by atoms with E-state index in [4.69, 9.17) is 4.74 Å². The van der Waals surface area contributed by atoms with Gasteiger partial charge in [-0.2, -0.15) is 0 Å². The van der Waals surface area contributed by atoms with Crippen molar-refractivity contribution in [3.05, 3.63) is 18.3 Å². The van der Waals surface area contributed by atoms with Crippen molar-refractivity contribution in [3.63, 3.8) is 0 Å². The molecule has 1 rings (SSSR count). The van der Waals surface area contributed by atoms with E-state index < -0.39 is 0 Å². The maximum absolute atomic E-state index is 10.8. The first-order valence-electron chi connectivity index (χ1n) is 3.86. The summed E-state index contributed by atoms with van der Waals surface area (Å²) < 4.78 is 4.72. The van der Waals surface area contributed by atoms with Crippen LogP contribution in [0.25, 0.3) is 0 Å². The molecule has 0 fully saturated rings. The standard InChI is InChI=1S/C8H12N2O2/c1-2-12-8(11)6-10-7-4-3-5-9-7/h3-5,9-10H,2,6H2,1H3.